The fourth-order valence-electron chi connectivity index (χ4n) is 4.97. The Kier molecular flexibility index (Phi) is 6.62. The largest absolute Gasteiger partial charge is 0.0701 e. The van der Waals surface area contributed by atoms with E-state index in [0.29, 0.717) is 0 Å². The highest BCUT2D eigenvalue weighted by atomic mass is 127. The minimum atomic E-state index is -0.417. The molecular formula is C34H29I. The Morgan fingerprint density at radius 1 is 0.371 bits per heavy atom. The van der Waals surface area contributed by atoms with Gasteiger partial charge in [0.25, 0.3) is 0 Å². The van der Waals surface area contributed by atoms with Gasteiger partial charge in [-0.1, -0.05) is 126 Å². The van der Waals surface area contributed by atoms with Crippen LogP contribution in [0.5, 0.6) is 0 Å². The second kappa shape index (κ2) is 9.83. The molecule has 0 unspecified atom stereocenters. The predicted molar refractivity (Wildman–Crippen MR) is 157 cm³/mol. The Bertz CT molecular complexity index is 1300. The quantitative estimate of drug-likeness (QED) is 0.147. The maximum atomic E-state index is 2.36. The molecule has 0 heterocycles. The second-order valence-electron chi connectivity index (χ2n) is 9.43. The lowest BCUT2D eigenvalue weighted by molar-refractivity contribution is 0.744. The van der Waals surface area contributed by atoms with E-state index in [1.54, 1.807) is 0 Å². The van der Waals surface area contributed by atoms with Crippen LogP contribution in [0.25, 0.3) is 11.1 Å². The lowest BCUT2D eigenvalue weighted by Crippen LogP contribution is -2.31. The van der Waals surface area contributed by atoms with Crippen molar-refractivity contribution in [1.29, 1.82) is 0 Å². The minimum Gasteiger partial charge on any atom is -0.0590 e. The predicted octanol–water partition coefficient (Wildman–Crippen LogP) is 9.27. The molecule has 0 aliphatic rings. The number of halogens is 1. The summed E-state index contributed by atoms with van der Waals surface area (Å²) in [6.07, 6.45) is 0. The third-order valence-corrected chi connectivity index (χ3v) is 7.67. The number of benzene rings is 5. The molecule has 0 nitrogen and oxygen atoms in total. The molecule has 0 aliphatic heterocycles. The number of rotatable bonds is 5. The van der Waals surface area contributed by atoms with Crippen LogP contribution < -0.4 is 0 Å². The van der Waals surface area contributed by atoms with Crippen LogP contribution in [0.1, 0.15) is 38.9 Å². The molecule has 0 spiro atoms. The number of hydrogen-bond donors (Lipinski definition) is 0. The highest BCUT2D eigenvalue weighted by molar-refractivity contribution is 14.1. The molecule has 0 aromatic heterocycles. The minimum absolute atomic E-state index is 0.417. The van der Waals surface area contributed by atoms with Crippen LogP contribution in [0.4, 0.5) is 0 Å². The molecule has 0 N–H and O–H groups in total. The van der Waals surface area contributed by atoms with Crippen LogP contribution in [0.2, 0.25) is 0 Å². The first-order chi connectivity index (χ1) is 17.0. The first-order valence-electron chi connectivity index (χ1n) is 12.0. The normalized spacial score (nSPS) is 11.4. The highest BCUT2D eigenvalue weighted by Crippen LogP contribution is 2.45. The van der Waals surface area contributed by atoms with Gasteiger partial charge >= 0.3 is 0 Å². The van der Waals surface area contributed by atoms with Crippen molar-refractivity contribution in [3.8, 4) is 11.1 Å². The summed E-state index contributed by atoms with van der Waals surface area (Å²) in [6.45, 7) is 6.46. The van der Waals surface area contributed by atoms with E-state index in [2.05, 4.69) is 165 Å². The average molecular weight is 565 g/mol. The van der Waals surface area contributed by atoms with Crippen LogP contribution in [0.3, 0.4) is 0 Å². The first-order valence-corrected chi connectivity index (χ1v) is 13.1. The summed E-state index contributed by atoms with van der Waals surface area (Å²) in [7, 11) is 0. The van der Waals surface area contributed by atoms with Gasteiger partial charge in [-0.25, -0.2) is 0 Å². The summed E-state index contributed by atoms with van der Waals surface area (Å²) in [6, 6.07) is 45.0. The van der Waals surface area contributed by atoms with E-state index < -0.39 is 5.41 Å². The van der Waals surface area contributed by atoms with Gasteiger partial charge < -0.3 is 0 Å². The van der Waals surface area contributed by atoms with Gasteiger partial charge in [-0.3, -0.25) is 0 Å². The van der Waals surface area contributed by atoms with Gasteiger partial charge in [-0.15, -0.1) is 0 Å². The van der Waals surface area contributed by atoms with E-state index in [0.717, 1.165) is 0 Å². The maximum Gasteiger partial charge on any atom is 0.0701 e. The summed E-state index contributed by atoms with van der Waals surface area (Å²) in [5.74, 6) is 0. The van der Waals surface area contributed by atoms with Crippen molar-refractivity contribution >= 4 is 22.6 Å². The molecule has 0 saturated heterocycles. The smallest absolute Gasteiger partial charge is 0.0590 e. The zero-order chi connectivity index (χ0) is 24.4. The first kappa shape index (κ1) is 23.6. The Balaban J connectivity index is 1.78. The van der Waals surface area contributed by atoms with Crippen LogP contribution in [0.15, 0.2) is 121 Å². The van der Waals surface area contributed by atoms with E-state index in [1.807, 2.05) is 0 Å². The highest BCUT2D eigenvalue weighted by Gasteiger charge is 2.38. The van der Waals surface area contributed by atoms with Gasteiger partial charge in [-0.2, -0.15) is 0 Å². The second-order valence-corrected chi connectivity index (χ2v) is 10.7. The molecule has 0 amide bonds. The fourth-order valence-corrected chi connectivity index (χ4v) is 5.33. The molecule has 172 valence electrons. The van der Waals surface area contributed by atoms with Crippen LogP contribution in [0, 0.1) is 24.3 Å². The van der Waals surface area contributed by atoms with E-state index >= 15 is 0 Å². The van der Waals surface area contributed by atoms with Gasteiger partial charge in [0.05, 0.1) is 5.41 Å². The van der Waals surface area contributed by atoms with Crippen LogP contribution in [-0.2, 0) is 5.41 Å². The summed E-state index contributed by atoms with van der Waals surface area (Å²) in [5.41, 5.74) is 11.0. The summed E-state index contributed by atoms with van der Waals surface area (Å²) >= 11 is 2.36. The third-order valence-electron chi connectivity index (χ3n) is 6.95. The average Bonchev–Trinajstić information content (AvgIpc) is 2.88. The van der Waals surface area contributed by atoms with Crippen molar-refractivity contribution in [2.75, 3.05) is 0 Å². The molecule has 5 rings (SSSR count). The number of hydrogen-bond acceptors (Lipinski definition) is 0. The zero-order valence-electron chi connectivity index (χ0n) is 20.4. The van der Waals surface area contributed by atoms with Gasteiger partial charge in [0.1, 0.15) is 0 Å². The fraction of sp³-hybridized carbons (Fsp3) is 0.118. The van der Waals surface area contributed by atoms with Crippen molar-refractivity contribution in [3.05, 3.63) is 164 Å². The van der Waals surface area contributed by atoms with E-state index in [9.17, 15) is 0 Å². The van der Waals surface area contributed by atoms with E-state index in [4.69, 9.17) is 0 Å². The van der Waals surface area contributed by atoms with Gasteiger partial charge in [0, 0.05) is 3.57 Å². The SMILES string of the molecule is Cc1ccc(C(c2ccc(C)cc2)(c2ccc(C)cc2)c2ccc(-c3ccc(I)cc3)cc2)cc1. The molecular weight excluding hydrogens is 535 g/mol. The molecule has 1 heteroatoms. The zero-order valence-corrected chi connectivity index (χ0v) is 22.6. The van der Waals surface area contributed by atoms with Crippen molar-refractivity contribution < 1.29 is 0 Å². The summed E-state index contributed by atoms with van der Waals surface area (Å²) < 4.78 is 1.25. The molecule has 0 saturated carbocycles. The molecule has 5 aromatic carbocycles. The molecule has 0 bridgehead atoms. The van der Waals surface area contributed by atoms with Gasteiger partial charge in [-0.05, 0) is 88.9 Å². The van der Waals surface area contributed by atoms with E-state index in [1.165, 1.54) is 53.6 Å². The Labute approximate surface area is 222 Å². The Hall–Kier alpha value is -3.17. The molecule has 5 aromatic rings. The number of aryl methyl sites for hydroxylation is 3. The Morgan fingerprint density at radius 3 is 0.943 bits per heavy atom. The summed E-state index contributed by atoms with van der Waals surface area (Å²) in [5, 5.41) is 0. The maximum absolute atomic E-state index is 2.36. The standard InChI is InChI=1S/C34H29I/c1-24-4-14-29(15-5-24)34(30-16-6-25(2)7-17-30,31-18-8-26(3)9-19-31)32-20-10-27(11-21-32)28-12-22-33(35)23-13-28/h4-23H,1-3H3. The Morgan fingerprint density at radius 2 is 0.629 bits per heavy atom. The van der Waals surface area contributed by atoms with Crippen molar-refractivity contribution in [1.82, 2.24) is 0 Å². The molecule has 0 fully saturated rings. The molecule has 35 heavy (non-hydrogen) atoms. The lowest BCUT2D eigenvalue weighted by atomic mass is 9.65. The summed E-state index contributed by atoms with van der Waals surface area (Å²) in [4.78, 5) is 0. The molecule has 0 atom stereocenters. The van der Waals surface area contributed by atoms with Crippen LogP contribution >= 0.6 is 22.6 Å². The molecule has 0 radical (unpaired) electrons. The molecule has 0 aliphatic carbocycles. The topological polar surface area (TPSA) is 0 Å². The van der Waals surface area contributed by atoms with Crippen LogP contribution in [-0.4, -0.2) is 0 Å². The van der Waals surface area contributed by atoms with Crippen molar-refractivity contribution in [2.45, 2.75) is 26.2 Å². The monoisotopic (exact) mass is 564 g/mol. The van der Waals surface area contributed by atoms with Gasteiger partial charge in [0.15, 0.2) is 0 Å². The van der Waals surface area contributed by atoms with Gasteiger partial charge in [0.2, 0.25) is 0 Å². The van der Waals surface area contributed by atoms with Crippen molar-refractivity contribution in [3.63, 3.8) is 0 Å². The van der Waals surface area contributed by atoms with E-state index in [-0.39, 0.29) is 0 Å². The third kappa shape index (κ3) is 4.58. The van der Waals surface area contributed by atoms with Crippen molar-refractivity contribution in [2.24, 2.45) is 0 Å². The lowest BCUT2D eigenvalue weighted by Gasteiger charge is -2.37.